The van der Waals surface area contributed by atoms with Crippen LogP contribution in [0.2, 0.25) is 5.02 Å². The highest BCUT2D eigenvalue weighted by molar-refractivity contribution is 6.31. The van der Waals surface area contributed by atoms with Crippen LogP contribution in [0.5, 0.6) is 0 Å². The van der Waals surface area contributed by atoms with Gasteiger partial charge < -0.3 is 10.2 Å². The van der Waals surface area contributed by atoms with Crippen molar-refractivity contribution in [1.29, 1.82) is 0 Å². The van der Waals surface area contributed by atoms with Gasteiger partial charge in [0.1, 0.15) is 6.04 Å². The number of halogens is 1. The molecule has 0 spiro atoms. The number of hydrogen-bond acceptors (Lipinski definition) is 6. The first-order valence-corrected chi connectivity index (χ1v) is 12.0. The van der Waals surface area contributed by atoms with E-state index in [9.17, 15) is 24.5 Å². The number of hydrogen-bond donors (Lipinski definition) is 1. The van der Waals surface area contributed by atoms with E-state index in [0.717, 1.165) is 16.2 Å². The minimum Gasteiger partial charge on any atom is -0.351 e. The molecule has 3 aromatic carbocycles. The molecule has 184 valence electrons. The van der Waals surface area contributed by atoms with Gasteiger partial charge in [-0.25, -0.2) is 4.90 Å². The molecular weight excluding hydrogens is 496 g/mol. The van der Waals surface area contributed by atoms with Crippen LogP contribution < -0.4 is 15.1 Å². The minimum atomic E-state index is -0.981. The average molecular weight is 515 g/mol. The fourth-order valence-electron chi connectivity index (χ4n) is 5.54. The number of nitrogens with zero attached hydrogens (tertiary/aromatic N) is 3. The number of fused-ring (bicyclic) bond motifs is 5. The van der Waals surface area contributed by atoms with Crippen LogP contribution in [0.4, 0.5) is 22.7 Å². The van der Waals surface area contributed by atoms with Gasteiger partial charge >= 0.3 is 0 Å². The highest BCUT2D eigenvalue weighted by atomic mass is 35.5. The molecule has 4 atom stereocenters. The quantitative estimate of drug-likeness (QED) is 0.316. The lowest BCUT2D eigenvalue weighted by molar-refractivity contribution is -0.384. The van der Waals surface area contributed by atoms with Crippen molar-refractivity contribution in [2.75, 3.05) is 15.1 Å². The first kappa shape index (κ1) is 22.9. The molecular formula is C27H19ClN4O5. The lowest BCUT2D eigenvalue weighted by atomic mass is 9.88. The summed E-state index contributed by atoms with van der Waals surface area (Å²) in [7, 11) is 0. The zero-order valence-corrected chi connectivity index (χ0v) is 19.9. The van der Waals surface area contributed by atoms with Gasteiger partial charge in [-0.1, -0.05) is 42.0 Å². The van der Waals surface area contributed by atoms with Gasteiger partial charge in [0.2, 0.25) is 17.7 Å². The predicted molar refractivity (Wildman–Crippen MR) is 138 cm³/mol. The zero-order chi connectivity index (χ0) is 25.8. The van der Waals surface area contributed by atoms with Gasteiger partial charge in [0.15, 0.2) is 0 Å². The van der Waals surface area contributed by atoms with Crippen molar-refractivity contribution in [3.05, 3.63) is 99.6 Å². The largest absolute Gasteiger partial charge is 0.351 e. The number of carbonyl (C=O) groups excluding carboxylic acids is 3. The number of nitro benzene ring substituents is 1. The van der Waals surface area contributed by atoms with E-state index < -0.39 is 40.7 Å². The third kappa shape index (κ3) is 3.58. The summed E-state index contributed by atoms with van der Waals surface area (Å²) in [6.45, 7) is 0. The second-order valence-corrected chi connectivity index (χ2v) is 9.53. The Morgan fingerprint density at radius 3 is 2.30 bits per heavy atom. The molecule has 10 heteroatoms. The normalized spacial score (nSPS) is 23.5. The van der Waals surface area contributed by atoms with Gasteiger partial charge in [0, 0.05) is 28.5 Å². The number of carbonyl (C=O) groups is 3. The number of amides is 3. The molecule has 3 amide bonds. The molecule has 4 unspecified atom stereocenters. The number of nitrogens with one attached hydrogen (secondary N) is 1. The van der Waals surface area contributed by atoms with Crippen LogP contribution in [0.3, 0.4) is 0 Å². The van der Waals surface area contributed by atoms with Gasteiger partial charge in [-0.3, -0.25) is 24.5 Å². The fourth-order valence-corrected chi connectivity index (χ4v) is 5.67. The zero-order valence-electron chi connectivity index (χ0n) is 19.2. The van der Waals surface area contributed by atoms with Gasteiger partial charge in [0.05, 0.1) is 28.5 Å². The topological polar surface area (TPSA) is 113 Å². The van der Waals surface area contributed by atoms with Crippen LogP contribution >= 0.6 is 11.6 Å². The molecule has 0 aliphatic carbocycles. The standard InChI is InChI=1S/C27H19ClN4O5/c28-16-6-10-18(11-7-16)30-26(34)22-21-14-5-15-3-1-2-4-20(15)31(21)24(23(22)27(30)35)25(33)29-17-8-12-19(13-9-17)32(36)37/h1-14,21-24H,(H,29,33). The molecule has 0 radical (unpaired) electrons. The van der Waals surface area contributed by atoms with Gasteiger partial charge in [0.25, 0.3) is 5.69 Å². The SMILES string of the molecule is O=C(Nc1ccc([N+](=O)[O-])cc1)C1C2C(=O)N(c3ccc(Cl)cc3)C(=O)C2C2C=Cc3ccccc3N21. The number of benzene rings is 3. The Balaban J connectivity index is 1.40. The summed E-state index contributed by atoms with van der Waals surface area (Å²) in [6.07, 6.45) is 3.78. The molecule has 0 bridgehead atoms. The van der Waals surface area contributed by atoms with Crippen LogP contribution in [0.1, 0.15) is 5.56 Å². The molecule has 3 aliphatic heterocycles. The Bertz CT molecular complexity index is 1490. The maximum atomic E-state index is 13.8. The van der Waals surface area contributed by atoms with Gasteiger partial charge in [-0.2, -0.15) is 0 Å². The smallest absolute Gasteiger partial charge is 0.269 e. The van der Waals surface area contributed by atoms with E-state index in [1.54, 1.807) is 24.3 Å². The molecule has 2 fully saturated rings. The monoisotopic (exact) mass is 514 g/mol. The Morgan fingerprint density at radius 2 is 1.59 bits per heavy atom. The van der Waals surface area contributed by atoms with E-state index in [2.05, 4.69) is 5.32 Å². The second-order valence-electron chi connectivity index (χ2n) is 9.09. The van der Waals surface area contributed by atoms with E-state index in [1.807, 2.05) is 41.3 Å². The van der Waals surface area contributed by atoms with Crippen molar-refractivity contribution in [2.24, 2.45) is 11.8 Å². The van der Waals surface area contributed by atoms with Crippen molar-refractivity contribution in [1.82, 2.24) is 0 Å². The molecule has 1 N–H and O–H groups in total. The van der Waals surface area contributed by atoms with Crippen LogP contribution in [-0.2, 0) is 14.4 Å². The van der Waals surface area contributed by atoms with Crippen LogP contribution in [0, 0.1) is 22.0 Å². The lowest BCUT2D eigenvalue weighted by Gasteiger charge is -2.36. The van der Waals surface area contributed by atoms with Crippen LogP contribution in [0.25, 0.3) is 6.08 Å². The van der Waals surface area contributed by atoms with Gasteiger partial charge in [-0.05, 0) is 48.0 Å². The van der Waals surface area contributed by atoms with Crippen molar-refractivity contribution in [3.63, 3.8) is 0 Å². The summed E-state index contributed by atoms with van der Waals surface area (Å²) >= 11 is 6.00. The molecule has 3 aromatic rings. The molecule has 0 saturated carbocycles. The summed E-state index contributed by atoms with van der Waals surface area (Å²) < 4.78 is 0. The van der Waals surface area contributed by atoms with E-state index >= 15 is 0 Å². The minimum absolute atomic E-state index is 0.107. The number of rotatable bonds is 4. The van der Waals surface area contributed by atoms with Crippen molar-refractivity contribution < 1.29 is 19.3 Å². The Labute approximate surface area is 216 Å². The maximum Gasteiger partial charge on any atom is 0.269 e. The highest BCUT2D eigenvalue weighted by Crippen LogP contribution is 2.49. The van der Waals surface area contributed by atoms with E-state index in [1.165, 1.54) is 24.3 Å². The van der Waals surface area contributed by atoms with Crippen molar-refractivity contribution in [3.8, 4) is 0 Å². The number of nitro groups is 1. The lowest BCUT2D eigenvalue weighted by Crippen LogP contribution is -2.50. The Hall–Kier alpha value is -4.50. The number of para-hydroxylation sites is 1. The molecule has 3 heterocycles. The van der Waals surface area contributed by atoms with Gasteiger partial charge in [-0.15, -0.1) is 0 Å². The summed E-state index contributed by atoms with van der Waals surface area (Å²) in [6, 6.07) is 17.9. The molecule has 9 nitrogen and oxygen atoms in total. The highest BCUT2D eigenvalue weighted by Gasteiger charge is 2.64. The van der Waals surface area contributed by atoms with E-state index in [0.29, 0.717) is 16.4 Å². The number of non-ortho nitro benzene ring substituents is 1. The predicted octanol–water partition coefficient (Wildman–Crippen LogP) is 4.28. The molecule has 3 aliphatic rings. The van der Waals surface area contributed by atoms with Crippen molar-refractivity contribution >= 4 is 58.1 Å². The van der Waals surface area contributed by atoms with E-state index in [4.69, 9.17) is 11.6 Å². The summed E-state index contributed by atoms with van der Waals surface area (Å²) in [5.74, 6) is -3.00. The fraction of sp³-hybridized carbons (Fsp3) is 0.148. The maximum absolute atomic E-state index is 13.8. The third-order valence-electron chi connectivity index (χ3n) is 7.11. The van der Waals surface area contributed by atoms with Crippen LogP contribution in [0.15, 0.2) is 78.9 Å². The first-order chi connectivity index (χ1) is 17.8. The second kappa shape index (κ2) is 8.56. The number of imide groups is 1. The summed E-state index contributed by atoms with van der Waals surface area (Å²) in [4.78, 5) is 54.7. The molecule has 6 rings (SSSR count). The van der Waals surface area contributed by atoms with E-state index in [-0.39, 0.29) is 11.6 Å². The molecule has 0 aromatic heterocycles. The first-order valence-electron chi connectivity index (χ1n) is 11.6. The van der Waals surface area contributed by atoms with Crippen molar-refractivity contribution in [2.45, 2.75) is 12.1 Å². The summed E-state index contributed by atoms with van der Waals surface area (Å²) in [5.41, 5.74) is 2.27. The Kier molecular flexibility index (Phi) is 5.31. The average Bonchev–Trinajstić information content (AvgIpc) is 3.38. The molecule has 37 heavy (non-hydrogen) atoms. The third-order valence-corrected chi connectivity index (χ3v) is 7.37. The molecule has 2 saturated heterocycles. The Morgan fingerprint density at radius 1 is 0.919 bits per heavy atom. The number of anilines is 3. The van der Waals surface area contributed by atoms with Crippen LogP contribution in [-0.4, -0.2) is 34.7 Å². The summed E-state index contributed by atoms with van der Waals surface area (Å²) in [5, 5.41) is 14.3.